The fourth-order valence-corrected chi connectivity index (χ4v) is 8.46. The molecule has 4 aromatic rings. The van der Waals surface area contributed by atoms with Gasteiger partial charge in [-0.15, -0.1) is 11.3 Å². The topological polar surface area (TPSA) is 113 Å². The van der Waals surface area contributed by atoms with Crippen LogP contribution in [0, 0.1) is 23.0 Å². The lowest BCUT2D eigenvalue weighted by Gasteiger charge is -2.37. The lowest BCUT2D eigenvalue weighted by atomic mass is 9.90. The number of piperazine rings is 1. The maximum absolute atomic E-state index is 17.2. The van der Waals surface area contributed by atoms with Crippen molar-refractivity contribution in [2.75, 3.05) is 43.9 Å². The highest BCUT2D eigenvalue weighted by Crippen LogP contribution is 2.48. The maximum Gasteiger partial charge on any atom is 0.319 e. The van der Waals surface area contributed by atoms with Crippen molar-refractivity contribution in [2.24, 2.45) is 0 Å². The smallest absolute Gasteiger partial charge is 0.319 e. The van der Waals surface area contributed by atoms with Gasteiger partial charge in [0.25, 0.3) is 0 Å². The Bertz CT molecular complexity index is 1820. The van der Waals surface area contributed by atoms with E-state index in [1.54, 1.807) is 6.07 Å². The number of thiophene rings is 1. The molecule has 0 radical (unpaired) electrons. The number of nitriles is 1. The Morgan fingerprint density at radius 3 is 2.65 bits per heavy atom. The first-order chi connectivity index (χ1) is 20.9. The van der Waals surface area contributed by atoms with Crippen LogP contribution in [0.2, 0.25) is 0 Å². The van der Waals surface area contributed by atoms with Crippen LogP contribution >= 0.6 is 11.3 Å². The first-order valence-electron chi connectivity index (χ1n) is 14.8. The fourth-order valence-electron chi connectivity index (χ4n) is 7.53. The molecule has 3 N–H and O–H groups in total. The zero-order valence-electron chi connectivity index (χ0n) is 23.8. The van der Waals surface area contributed by atoms with Crippen molar-refractivity contribution in [1.29, 1.82) is 5.26 Å². The molecule has 43 heavy (non-hydrogen) atoms. The van der Waals surface area contributed by atoms with E-state index in [2.05, 4.69) is 33.2 Å². The molecular weight excluding hydrogens is 572 g/mol. The monoisotopic (exact) mass is 603 g/mol. The Kier molecular flexibility index (Phi) is 6.41. The summed E-state index contributed by atoms with van der Waals surface area (Å²) in [6, 6.07) is 5.76. The number of halogens is 2. The Hall–Kier alpha value is -3.63. The van der Waals surface area contributed by atoms with Gasteiger partial charge in [0.2, 0.25) is 0 Å². The number of aromatic nitrogens is 2. The van der Waals surface area contributed by atoms with Crippen LogP contribution in [0.3, 0.4) is 0 Å². The highest BCUT2D eigenvalue weighted by atomic mass is 32.1. The molecule has 4 aliphatic heterocycles. The van der Waals surface area contributed by atoms with Gasteiger partial charge >= 0.3 is 6.01 Å². The van der Waals surface area contributed by atoms with Gasteiger partial charge in [0.15, 0.2) is 5.82 Å². The van der Waals surface area contributed by atoms with Crippen LogP contribution in [0.5, 0.6) is 6.01 Å². The second kappa shape index (κ2) is 10.2. The van der Waals surface area contributed by atoms with Gasteiger partial charge in [-0.1, -0.05) is 0 Å². The quantitative estimate of drug-likeness (QED) is 0.336. The lowest BCUT2D eigenvalue weighted by molar-refractivity contribution is 0.135. The zero-order valence-corrected chi connectivity index (χ0v) is 24.6. The molecule has 4 aliphatic rings. The van der Waals surface area contributed by atoms with E-state index < -0.39 is 11.6 Å². The van der Waals surface area contributed by atoms with Gasteiger partial charge in [0.05, 0.1) is 24.2 Å². The molecule has 3 fully saturated rings. The molecule has 0 aliphatic carbocycles. The lowest BCUT2D eigenvalue weighted by Crippen LogP contribution is -2.52. The second-order valence-electron chi connectivity index (χ2n) is 12.0. The van der Waals surface area contributed by atoms with Gasteiger partial charge in [-0.05, 0) is 62.5 Å². The first kappa shape index (κ1) is 27.0. The average molecular weight is 604 g/mol. The zero-order chi connectivity index (χ0) is 29.4. The minimum Gasteiger partial charge on any atom is -0.462 e. The predicted molar refractivity (Wildman–Crippen MR) is 161 cm³/mol. The highest BCUT2D eigenvalue weighted by molar-refractivity contribution is 7.23. The Morgan fingerprint density at radius 1 is 1.12 bits per heavy atom. The van der Waals surface area contributed by atoms with Crippen LogP contribution in [0.25, 0.3) is 32.1 Å². The van der Waals surface area contributed by atoms with Crippen molar-refractivity contribution < 1.29 is 18.3 Å². The van der Waals surface area contributed by atoms with E-state index in [0.717, 1.165) is 50.9 Å². The van der Waals surface area contributed by atoms with E-state index in [1.807, 2.05) is 0 Å². The molecule has 3 unspecified atom stereocenters. The van der Waals surface area contributed by atoms with Gasteiger partial charge in [0, 0.05) is 52.4 Å². The van der Waals surface area contributed by atoms with Gasteiger partial charge in [-0.2, -0.15) is 15.2 Å². The third-order valence-electron chi connectivity index (χ3n) is 9.65. The molecule has 12 heteroatoms. The normalized spacial score (nSPS) is 23.4. The predicted octanol–water partition coefficient (Wildman–Crippen LogP) is 4.69. The van der Waals surface area contributed by atoms with E-state index in [0.29, 0.717) is 33.5 Å². The van der Waals surface area contributed by atoms with Crippen LogP contribution in [0.1, 0.15) is 42.4 Å². The highest BCUT2D eigenvalue weighted by Gasteiger charge is 2.40. The molecule has 0 spiro atoms. The molecule has 2 aromatic heterocycles. The van der Waals surface area contributed by atoms with Crippen LogP contribution in [-0.4, -0.2) is 66.3 Å². The molecule has 222 valence electrons. The number of ether oxygens (including phenoxy) is 2. The van der Waals surface area contributed by atoms with E-state index in [9.17, 15) is 5.26 Å². The summed E-state index contributed by atoms with van der Waals surface area (Å²) in [5.74, 6) is -0.658. The summed E-state index contributed by atoms with van der Waals surface area (Å²) in [5, 5.41) is 14.6. The van der Waals surface area contributed by atoms with Crippen molar-refractivity contribution >= 4 is 43.1 Å². The summed E-state index contributed by atoms with van der Waals surface area (Å²) < 4.78 is 45.8. The number of nitrogens with zero attached hydrogens (tertiary/aromatic N) is 5. The number of hydrogen-bond donors (Lipinski definition) is 2. The number of rotatable bonds is 5. The molecule has 3 atom stereocenters. The van der Waals surface area contributed by atoms with Crippen LogP contribution in [0.4, 0.5) is 19.6 Å². The summed E-state index contributed by atoms with van der Waals surface area (Å²) in [6.07, 6.45) is 4.12. The van der Waals surface area contributed by atoms with Crippen molar-refractivity contribution in [2.45, 2.75) is 57.0 Å². The standard InChI is InChI=1S/C31H31F2N7O2S/c1-39-8-2-3-17(39)12-42-31-37-28-25(30(38-31)40-15-4-5-16(40)11-36-10-15)20-14-41-13-19(20)24(27(28)33)26-21(32)6-7-22-23(26)18(9-34)29(35)43-22/h6-7,15-17,36H,2-5,8,10-14,35H2,1H3. The molecule has 8 rings (SSSR count). The third-order valence-corrected chi connectivity index (χ3v) is 10.6. The number of nitrogens with two attached hydrogens (primary N) is 1. The van der Waals surface area contributed by atoms with E-state index in [1.165, 1.54) is 17.4 Å². The molecular formula is C31H31F2N7O2S. The maximum atomic E-state index is 17.2. The molecule has 0 saturated carbocycles. The van der Waals surface area contributed by atoms with Gasteiger partial charge in [0.1, 0.15) is 34.8 Å². The number of anilines is 2. The van der Waals surface area contributed by atoms with Crippen LogP contribution < -0.4 is 20.7 Å². The minimum absolute atomic E-state index is 0.0144. The van der Waals surface area contributed by atoms with E-state index in [4.69, 9.17) is 20.2 Å². The SMILES string of the molecule is CN1CCCC1COc1nc(N2C3CCC2CNC3)c2c3c(c(-c4c(F)ccc5sc(N)c(C#N)c45)c(F)c2n1)COC3. The second-order valence-corrected chi connectivity index (χ2v) is 13.1. The van der Waals surface area contributed by atoms with E-state index in [-0.39, 0.29) is 64.6 Å². The van der Waals surface area contributed by atoms with Gasteiger partial charge < -0.3 is 30.3 Å². The Labute approximate surface area is 251 Å². The number of hydrogen-bond acceptors (Lipinski definition) is 10. The Balaban J connectivity index is 1.39. The van der Waals surface area contributed by atoms with E-state index >= 15 is 8.78 Å². The van der Waals surface area contributed by atoms with Crippen LogP contribution in [-0.2, 0) is 18.0 Å². The van der Waals surface area contributed by atoms with Crippen molar-refractivity contribution in [1.82, 2.24) is 20.2 Å². The molecule has 2 bridgehead atoms. The number of nitrogens with one attached hydrogen (secondary N) is 1. The summed E-state index contributed by atoms with van der Waals surface area (Å²) in [5.41, 5.74) is 7.76. The summed E-state index contributed by atoms with van der Waals surface area (Å²) in [7, 11) is 2.07. The number of benzene rings is 2. The van der Waals surface area contributed by atoms with Gasteiger partial charge in [-0.25, -0.2) is 8.78 Å². The van der Waals surface area contributed by atoms with Crippen molar-refractivity contribution in [3.05, 3.63) is 40.5 Å². The number of likely N-dealkylation sites (N-methyl/N-ethyl adjacent to an activating group) is 1. The molecule has 6 heterocycles. The summed E-state index contributed by atoms with van der Waals surface area (Å²) >= 11 is 1.19. The molecule has 0 amide bonds. The molecule has 3 saturated heterocycles. The summed E-state index contributed by atoms with van der Waals surface area (Å²) in [4.78, 5) is 14.2. The minimum atomic E-state index is -0.673. The van der Waals surface area contributed by atoms with Crippen molar-refractivity contribution in [3.8, 4) is 23.2 Å². The largest absolute Gasteiger partial charge is 0.462 e. The Morgan fingerprint density at radius 2 is 1.91 bits per heavy atom. The number of likely N-dealkylation sites (tertiary alicyclic amines) is 1. The van der Waals surface area contributed by atoms with Crippen molar-refractivity contribution in [3.63, 3.8) is 0 Å². The fraction of sp³-hybridized carbons (Fsp3) is 0.452. The average Bonchev–Trinajstić information content (AvgIpc) is 3.77. The molecule has 2 aromatic carbocycles. The molecule has 9 nitrogen and oxygen atoms in total. The number of nitrogen functional groups attached to an aromatic ring is 1. The van der Waals surface area contributed by atoms with Crippen LogP contribution in [0.15, 0.2) is 12.1 Å². The van der Waals surface area contributed by atoms with Gasteiger partial charge in [-0.3, -0.25) is 0 Å². The summed E-state index contributed by atoms with van der Waals surface area (Å²) in [6.45, 7) is 3.35. The number of fused-ring (bicyclic) bond motifs is 6. The third kappa shape index (κ3) is 4.09. The first-order valence-corrected chi connectivity index (χ1v) is 15.6.